The number of ketones is 1. The molecule has 0 aromatic heterocycles. The number of Topliss-reactive ketones (excluding diaryl/α,β-unsaturated/α-hetero) is 1. The largest absolute Gasteiger partial charge is 0.396 e. The molecule has 2 unspecified atom stereocenters. The van der Waals surface area contributed by atoms with Gasteiger partial charge >= 0.3 is 0 Å². The Morgan fingerprint density at radius 2 is 2.36 bits per heavy atom. The van der Waals surface area contributed by atoms with Gasteiger partial charge in [0.2, 0.25) is 0 Å². The molecule has 1 rings (SSSR count). The minimum absolute atomic E-state index is 0.0558. The van der Waals surface area contributed by atoms with Gasteiger partial charge in [-0.3, -0.25) is 4.79 Å². The number of carbonyl (C=O) groups excluding carboxylic acids is 1. The first-order chi connectivity index (χ1) is 6.77. The molecule has 0 aromatic rings. The van der Waals surface area contributed by atoms with Gasteiger partial charge in [0.05, 0.1) is 6.04 Å². The first kappa shape index (κ1) is 11.7. The standard InChI is InChI=1S/C11H21NO2/c1-2-9-5-6-12-10(8-9)11(14)4-3-7-13/h9-10,12-13H,2-8H2,1H3. The van der Waals surface area contributed by atoms with Crippen LogP contribution in [0.5, 0.6) is 0 Å². The van der Waals surface area contributed by atoms with E-state index >= 15 is 0 Å². The Bertz CT molecular complexity index is 182. The Morgan fingerprint density at radius 3 is 3.00 bits per heavy atom. The van der Waals surface area contributed by atoms with E-state index in [4.69, 9.17) is 5.11 Å². The molecule has 82 valence electrons. The Labute approximate surface area is 85.9 Å². The normalized spacial score (nSPS) is 27.6. The number of rotatable bonds is 5. The summed E-state index contributed by atoms with van der Waals surface area (Å²) < 4.78 is 0. The van der Waals surface area contributed by atoms with Crippen LogP contribution in [0.1, 0.15) is 39.0 Å². The number of aliphatic hydroxyl groups is 1. The molecular weight excluding hydrogens is 178 g/mol. The van der Waals surface area contributed by atoms with Gasteiger partial charge in [0, 0.05) is 13.0 Å². The molecule has 2 atom stereocenters. The van der Waals surface area contributed by atoms with Crippen LogP contribution in [0, 0.1) is 5.92 Å². The molecule has 3 nitrogen and oxygen atoms in total. The molecule has 0 aromatic carbocycles. The highest BCUT2D eigenvalue weighted by Gasteiger charge is 2.24. The van der Waals surface area contributed by atoms with Crippen LogP contribution in [0.15, 0.2) is 0 Å². The lowest BCUT2D eigenvalue weighted by molar-refractivity contribution is -0.122. The second kappa shape index (κ2) is 6.14. The number of carbonyl (C=O) groups is 1. The third kappa shape index (κ3) is 3.39. The number of hydrogen-bond donors (Lipinski definition) is 2. The molecule has 0 saturated carbocycles. The average Bonchev–Trinajstić information content (AvgIpc) is 2.26. The minimum atomic E-state index is 0.0558. The van der Waals surface area contributed by atoms with Crippen molar-refractivity contribution in [2.45, 2.75) is 45.1 Å². The van der Waals surface area contributed by atoms with E-state index in [0.717, 1.165) is 13.0 Å². The van der Waals surface area contributed by atoms with Crippen molar-refractivity contribution >= 4 is 5.78 Å². The summed E-state index contributed by atoms with van der Waals surface area (Å²) in [6.07, 6.45) is 4.48. The molecule has 14 heavy (non-hydrogen) atoms. The van der Waals surface area contributed by atoms with Gasteiger partial charge in [0.1, 0.15) is 5.78 Å². The van der Waals surface area contributed by atoms with Crippen LogP contribution in [0.2, 0.25) is 0 Å². The van der Waals surface area contributed by atoms with E-state index in [1.807, 2.05) is 0 Å². The Morgan fingerprint density at radius 1 is 1.57 bits per heavy atom. The van der Waals surface area contributed by atoms with Crippen LogP contribution in [0.25, 0.3) is 0 Å². The number of piperidine rings is 1. The highest BCUT2D eigenvalue weighted by Crippen LogP contribution is 2.20. The summed E-state index contributed by atoms with van der Waals surface area (Å²) in [7, 11) is 0. The van der Waals surface area contributed by atoms with Crippen molar-refractivity contribution < 1.29 is 9.90 Å². The van der Waals surface area contributed by atoms with Gasteiger partial charge in [-0.25, -0.2) is 0 Å². The van der Waals surface area contributed by atoms with E-state index in [1.165, 1.54) is 12.8 Å². The van der Waals surface area contributed by atoms with E-state index in [9.17, 15) is 4.79 Å². The van der Waals surface area contributed by atoms with Gasteiger partial charge < -0.3 is 10.4 Å². The predicted octanol–water partition coefficient (Wildman–Crippen LogP) is 1.11. The highest BCUT2D eigenvalue weighted by molar-refractivity contribution is 5.84. The van der Waals surface area contributed by atoms with Crippen molar-refractivity contribution in [3.8, 4) is 0 Å². The van der Waals surface area contributed by atoms with Crippen molar-refractivity contribution in [3.05, 3.63) is 0 Å². The Balaban J connectivity index is 2.31. The quantitative estimate of drug-likeness (QED) is 0.697. The monoisotopic (exact) mass is 199 g/mol. The lowest BCUT2D eigenvalue weighted by Gasteiger charge is -2.28. The molecule has 1 aliphatic heterocycles. The first-order valence-corrected chi connectivity index (χ1v) is 5.64. The fourth-order valence-corrected chi connectivity index (χ4v) is 2.04. The smallest absolute Gasteiger partial charge is 0.149 e. The maximum atomic E-state index is 11.6. The molecule has 1 fully saturated rings. The maximum absolute atomic E-state index is 11.6. The van der Waals surface area contributed by atoms with Crippen molar-refractivity contribution in [2.24, 2.45) is 5.92 Å². The van der Waals surface area contributed by atoms with Gasteiger partial charge in [0.15, 0.2) is 0 Å². The topological polar surface area (TPSA) is 49.3 Å². The molecule has 1 heterocycles. The average molecular weight is 199 g/mol. The lowest BCUT2D eigenvalue weighted by atomic mass is 9.88. The predicted molar refractivity (Wildman–Crippen MR) is 56.1 cm³/mol. The molecule has 1 saturated heterocycles. The SMILES string of the molecule is CCC1CCNC(C(=O)CCCO)C1. The summed E-state index contributed by atoms with van der Waals surface area (Å²) in [6.45, 7) is 3.27. The second-order valence-electron chi connectivity index (χ2n) is 4.10. The molecule has 0 bridgehead atoms. The zero-order chi connectivity index (χ0) is 10.4. The maximum Gasteiger partial charge on any atom is 0.149 e. The molecule has 0 spiro atoms. The zero-order valence-corrected chi connectivity index (χ0v) is 8.96. The molecule has 2 N–H and O–H groups in total. The summed E-state index contributed by atoms with van der Waals surface area (Å²) in [5, 5.41) is 11.9. The molecule has 0 aliphatic carbocycles. The third-order valence-electron chi connectivity index (χ3n) is 3.06. The van der Waals surface area contributed by atoms with Gasteiger partial charge in [-0.2, -0.15) is 0 Å². The van der Waals surface area contributed by atoms with Gasteiger partial charge in [-0.1, -0.05) is 13.3 Å². The number of aliphatic hydroxyl groups excluding tert-OH is 1. The lowest BCUT2D eigenvalue weighted by Crippen LogP contribution is -2.43. The van der Waals surface area contributed by atoms with Crippen molar-refractivity contribution in [2.75, 3.05) is 13.2 Å². The first-order valence-electron chi connectivity index (χ1n) is 5.64. The minimum Gasteiger partial charge on any atom is -0.396 e. The third-order valence-corrected chi connectivity index (χ3v) is 3.06. The molecule has 3 heteroatoms. The Kier molecular flexibility index (Phi) is 5.12. The summed E-state index contributed by atoms with van der Waals surface area (Å²) in [4.78, 5) is 11.6. The van der Waals surface area contributed by atoms with Crippen molar-refractivity contribution in [3.63, 3.8) is 0 Å². The molecule has 0 amide bonds. The fraction of sp³-hybridized carbons (Fsp3) is 0.909. The van der Waals surface area contributed by atoms with Gasteiger partial charge in [0.25, 0.3) is 0 Å². The summed E-state index contributed by atoms with van der Waals surface area (Å²) in [5.41, 5.74) is 0. The van der Waals surface area contributed by atoms with E-state index in [1.54, 1.807) is 0 Å². The highest BCUT2D eigenvalue weighted by atomic mass is 16.3. The van der Waals surface area contributed by atoms with E-state index in [2.05, 4.69) is 12.2 Å². The van der Waals surface area contributed by atoms with E-state index in [0.29, 0.717) is 18.8 Å². The van der Waals surface area contributed by atoms with Gasteiger partial charge in [-0.05, 0) is 31.7 Å². The number of hydrogen-bond acceptors (Lipinski definition) is 3. The molecule has 0 radical (unpaired) electrons. The summed E-state index contributed by atoms with van der Waals surface area (Å²) in [5.74, 6) is 0.983. The fourth-order valence-electron chi connectivity index (χ4n) is 2.04. The summed E-state index contributed by atoms with van der Waals surface area (Å²) in [6, 6.07) is 0.0558. The van der Waals surface area contributed by atoms with Crippen LogP contribution in [0.4, 0.5) is 0 Å². The van der Waals surface area contributed by atoms with E-state index < -0.39 is 0 Å². The van der Waals surface area contributed by atoms with Crippen LogP contribution in [-0.2, 0) is 4.79 Å². The van der Waals surface area contributed by atoms with Crippen molar-refractivity contribution in [1.29, 1.82) is 0 Å². The van der Waals surface area contributed by atoms with Crippen LogP contribution < -0.4 is 5.32 Å². The summed E-state index contributed by atoms with van der Waals surface area (Å²) >= 11 is 0. The number of nitrogens with one attached hydrogen (secondary N) is 1. The van der Waals surface area contributed by atoms with Crippen LogP contribution >= 0.6 is 0 Å². The van der Waals surface area contributed by atoms with Crippen LogP contribution in [-0.4, -0.2) is 30.1 Å². The zero-order valence-electron chi connectivity index (χ0n) is 8.96. The van der Waals surface area contributed by atoms with E-state index in [-0.39, 0.29) is 18.4 Å². The molecule has 1 aliphatic rings. The Hall–Kier alpha value is -0.410. The van der Waals surface area contributed by atoms with Gasteiger partial charge in [-0.15, -0.1) is 0 Å². The second-order valence-corrected chi connectivity index (χ2v) is 4.10. The van der Waals surface area contributed by atoms with Crippen LogP contribution in [0.3, 0.4) is 0 Å². The van der Waals surface area contributed by atoms with Crippen molar-refractivity contribution in [1.82, 2.24) is 5.32 Å². The molecular formula is C11H21NO2.